The van der Waals surface area contributed by atoms with Gasteiger partial charge in [0.1, 0.15) is 0 Å². The Kier molecular flexibility index (Phi) is 5.20. The van der Waals surface area contributed by atoms with Crippen molar-refractivity contribution in [2.24, 2.45) is 5.92 Å². The second-order valence-corrected chi connectivity index (χ2v) is 5.77. The first-order valence-electron chi connectivity index (χ1n) is 8.22. The Labute approximate surface area is 146 Å². The molecule has 0 saturated carbocycles. The number of hydrogen-bond acceptors (Lipinski definition) is 5. The molecule has 0 spiro atoms. The van der Waals surface area contributed by atoms with Crippen LogP contribution in [-0.2, 0) is 16.0 Å². The molecule has 0 saturated heterocycles. The van der Waals surface area contributed by atoms with Crippen molar-refractivity contribution in [3.8, 4) is 17.6 Å². The molecular weight excluding hydrogens is 318 g/mol. The second kappa shape index (κ2) is 7.71. The first-order chi connectivity index (χ1) is 12.2. The summed E-state index contributed by atoms with van der Waals surface area (Å²) in [5, 5.41) is 9.62. The van der Waals surface area contributed by atoms with Crippen LogP contribution in [0.5, 0.6) is 11.5 Å². The van der Waals surface area contributed by atoms with Crippen molar-refractivity contribution in [2.75, 3.05) is 13.4 Å². The van der Waals surface area contributed by atoms with E-state index in [4.69, 9.17) is 14.2 Å². The molecular formula is C20H19NO4. The summed E-state index contributed by atoms with van der Waals surface area (Å²) in [7, 11) is 0. The number of benzene rings is 2. The predicted molar refractivity (Wildman–Crippen MR) is 91.2 cm³/mol. The molecule has 0 bridgehead atoms. The van der Waals surface area contributed by atoms with Gasteiger partial charge in [-0.1, -0.05) is 36.4 Å². The minimum atomic E-state index is -0.888. The van der Waals surface area contributed by atoms with E-state index in [-0.39, 0.29) is 19.3 Å². The molecule has 25 heavy (non-hydrogen) atoms. The minimum Gasteiger partial charge on any atom is -0.465 e. The highest BCUT2D eigenvalue weighted by molar-refractivity contribution is 5.76. The third kappa shape index (κ3) is 3.74. The van der Waals surface area contributed by atoms with Gasteiger partial charge in [-0.2, -0.15) is 5.26 Å². The van der Waals surface area contributed by atoms with Crippen LogP contribution in [-0.4, -0.2) is 19.4 Å². The van der Waals surface area contributed by atoms with Crippen LogP contribution in [0.2, 0.25) is 0 Å². The van der Waals surface area contributed by atoms with Gasteiger partial charge in [-0.15, -0.1) is 0 Å². The van der Waals surface area contributed by atoms with E-state index in [1.807, 2.05) is 48.5 Å². The summed E-state index contributed by atoms with van der Waals surface area (Å²) in [6, 6.07) is 17.5. The van der Waals surface area contributed by atoms with Crippen molar-refractivity contribution >= 4 is 5.97 Å². The summed E-state index contributed by atoms with van der Waals surface area (Å²) in [6.45, 7) is 2.16. The summed E-state index contributed by atoms with van der Waals surface area (Å²) in [5.41, 5.74) is 1.91. The van der Waals surface area contributed by atoms with Gasteiger partial charge in [0.15, 0.2) is 17.4 Å². The average molecular weight is 337 g/mol. The lowest BCUT2D eigenvalue weighted by molar-refractivity contribution is -0.146. The number of nitrogens with zero attached hydrogens (tertiary/aromatic N) is 1. The molecule has 2 atom stereocenters. The molecule has 5 heteroatoms. The maximum atomic E-state index is 12.3. The molecule has 1 aliphatic heterocycles. The van der Waals surface area contributed by atoms with Crippen LogP contribution < -0.4 is 9.47 Å². The van der Waals surface area contributed by atoms with Crippen molar-refractivity contribution in [3.63, 3.8) is 0 Å². The van der Waals surface area contributed by atoms with E-state index in [1.165, 1.54) is 0 Å². The Morgan fingerprint density at radius 3 is 2.68 bits per heavy atom. The molecule has 3 rings (SSSR count). The standard InChI is InChI=1S/C20H19NO4/c1-2-23-20(22)17(12-21)16(10-14-6-4-3-5-7-14)15-8-9-18-19(11-15)25-13-24-18/h3-9,11,16-17H,2,10,13H2,1H3/t16-,17+/m1/s1. The van der Waals surface area contributed by atoms with Gasteiger partial charge in [0.25, 0.3) is 0 Å². The third-order valence-electron chi connectivity index (χ3n) is 4.21. The lowest BCUT2D eigenvalue weighted by Crippen LogP contribution is -2.25. The van der Waals surface area contributed by atoms with Crippen molar-refractivity contribution < 1.29 is 19.0 Å². The van der Waals surface area contributed by atoms with Crippen molar-refractivity contribution in [1.29, 1.82) is 5.26 Å². The largest absolute Gasteiger partial charge is 0.465 e. The highest BCUT2D eigenvalue weighted by Crippen LogP contribution is 2.38. The van der Waals surface area contributed by atoms with Crippen molar-refractivity contribution in [1.82, 2.24) is 0 Å². The Balaban J connectivity index is 1.96. The Morgan fingerprint density at radius 1 is 1.20 bits per heavy atom. The number of hydrogen-bond donors (Lipinski definition) is 0. The number of nitriles is 1. The van der Waals surface area contributed by atoms with Crippen molar-refractivity contribution in [3.05, 3.63) is 59.7 Å². The molecule has 0 radical (unpaired) electrons. The van der Waals surface area contributed by atoms with Crippen LogP contribution in [0.25, 0.3) is 0 Å². The van der Waals surface area contributed by atoms with Gasteiger partial charge in [-0.3, -0.25) is 4.79 Å². The van der Waals surface area contributed by atoms with Crippen LogP contribution in [0.4, 0.5) is 0 Å². The minimum absolute atomic E-state index is 0.182. The van der Waals surface area contributed by atoms with Gasteiger partial charge >= 0.3 is 5.97 Å². The van der Waals surface area contributed by atoms with E-state index < -0.39 is 11.9 Å². The van der Waals surface area contributed by atoms with Crippen LogP contribution in [0.1, 0.15) is 24.0 Å². The topological polar surface area (TPSA) is 68.6 Å². The highest BCUT2D eigenvalue weighted by Gasteiger charge is 2.32. The summed E-state index contributed by atoms with van der Waals surface area (Å²) in [5.74, 6) is -0.409. The molecule has 0 fully saturated rings. The first kappa shape index (κ1) is 16.8. The normalized spacial score (nSPS) is 14.4. The van der Waals surface area contributed by atoms with Crippen LogP contribution in [0.3, 0.4) is 0 Å². The molecule has 2 aromatic rings. The number of fused-ring (bicyclic) bond motifs is 1. The first-order valence-corrected chi connectivity index (χ1v) is 8.22. The van der Waals surface area contributed by atoms with E-state index in [0.29, 0.717) is 17.9 Å². The molecule has 0 aliphatic carbocycles. The third-order valence-corrected chi connectivity index (χ3v) is 4.21. The number of ether oxygens (including phenoxy) is 3. The number of carbonyl (C=O) groups excluding carboxylic acids is 1. The van der Waals surface area contributed by atoms with Gasteiger partial charge < -0.3 is 14.2 Å². The maximum Gasteiger partial charge on any atom is 0.323 e. The van der Waals surface area contributed by atoms with Crippen molar-refractivity contribution in [2.45, 2.75) is 19.3 Å². The van der Waals surface area contributed by atoms with Gasteiger partial charge in [0, 0.05) is 5.92 Å². The molecule has 1 heterocycles. The summed E-state index contributed by atoms with van der Waals surface area (Å²) < 4.78 is 15.9. The van der Waals surface area contributed by atoms with Crippen LogP contribution >= 0.6 is 0 Å². The summed E-state index contributed by atoms with van der Waals surface area (Å²) >= 11 is 0. The molecule has 5 nitrogen and oxygen atoms in total. The molecule has 0 aromatic heterocycles. The molecule has 0 N–H and O–H groups in total. The van der Waals surface area contributed by atoms with Gasteiger partial charge in [0.2, 0.25) is 6.79 Å². The van der Waals surface area contributed by atoms with E-state index in [2.05, 4.69) is 6.07 Å². The molecule has 0 unspecified atom stereocenters. The second-order valence-electron chi connectivity index (χ2n) is 5.77. The highest BCUT2D eigenvalue weighted by atomic mass is 16.7. The zero-order valence-corrected chi connectivity index (χ0v) is 14.0. The summed E-state index contributed by atoms with van der Waals surface area (Å²) in [6.07, 6.45) is 0.553. The fourth-order valence-electron chi connectivity index (χ4n) is 2.98. The zero-order valence-electron chi connectivity index (χ0n) is 14.0. The number of carbonyl (C=O) groups is 1. The lowest BCUT2D eigenvalue weighted by Gasteiger charge is -2.22. The smallest absolute Gasteiger partial charge is 0.323 e. The quantitative estimate of drug-likeness (QED) is 0.755. The molecule has 2 aromatic carbocycles. The lowest BCUT2D eigenvalue weighted by atomic mass is 9.82. The van der Waals surface area contributed by atoms with Gasteiger partial charge in [-0.05, 0) is 36.6 Å². The summed E-state index contributed by atoms with van der Waals surface area (Å²) in [4.78, 5) is 12.3. The monoisotopic (exact) mass is 337 g/mol. The fourth-order valence-corrected chi connectivity index (χ4v) is 2.98. The number of rotatable bonds is 6. The number of esters is 1. The van der Waals surface area contributed by atoms with E-state index in [1.54, 1.807) is 6.92 Å². The maximum absolute atomic E-state index is 12.3. The van der Waals surface area contributed by atoms with Gasteiger partial charge in [-0.25, -0.2) is 0 Å². The zero-order chi connectivity index (χ0) is 17.6. The molecule has 128 valence electrons. The predicted octanol–water partition coefficient (Wildman–Crippen LogP) is 3.44. The van der Waals surface area contributed by atoms with Gasteiger partial charge in [0.05, 0.1) is 12.7 Å². The van der Waals surface area contributed by atoms with E-state index in [9.17, 15) is 10.1 Å². The van der Waals surface area contributed by atoms with E-state index >= 15 is 0 Å². The Morgan fingerprint density at radius 2 is 1.96 bits per heavy atom. The van der Waals surface area contributed by atoms with Crippen LogP contribution in [0.15, 0.2) is 48.5 Å². The van der Waals surface area contributed by atoms with Crippen LogP contribution in [0, 0.1) is 17.2 Å². The Hall–Kier alpha value is -3.00. The average Bonchev–Trinajstić information content (AvgIpc) is 3.10. The Bertz CT molecular complexity index is 782. The fraction of sp³-hybridized carbons (Fsp3) is 0.300. The van der Waals surface area contributed by atoms with E-state index in [0.717, 1.165) is 11.1 Å². The SMILES string of the molecule is CCOC(=O)[C@@H](C#N)[C@H](Cc1ccccc1)c1ccc2c(c1)OCO2. The molecule has 1 aliphatic rings. The molecule has 0 amide bonds.